The van der Waals surface area contributed by atoms with E-state index in [0.29, 0.717) is 17.9 Å². The molecule has 0 unspecified atom stereocenters. The number of hydrogen-bond donors (Lipinski definition) is 1. The van der Waals surface area contributed by atoms with E-state index in [0.717, 1.165) is 22.9 Å². The first-order valence-electron chi connectivity index (χ1n) is 11.1. The summed E-state index contributed by atoms with van der Waals surface area (Å²) in [6.45, 7) is 6.49. The zero-order chi connectivity index (χ0) is 24.2. The van der Waals surface area contributed by atoms with Crippen LogP contribution in [0.2, 0.25) is 0 Å². The van der Waals surface area contributed by atoms with Crippen LogP contribution in [0.4, 0.5) is 4.79 Å². The summed E-state index contributed by atoms with van der Waals surface area (Å²) >= 11 is 0. The third-order valence-corrected chi connectivity index (χ3v) is 4.86. The maximum Gasteiger partial charge on any atom is 0.412 e. The minimum Gasteiger partial charge on any atom is -0.493 e. The Morgan fingerprint density at radius 2 is 1.53 bits per heavy atom. The van der Waals surface area contributed by atoms with Crippen LogP contribution >= 0.6 is 0 Å². The zero-order valence-corrected chi connectivity index (χ0v) is 19.3. The summed E-state index contributed by atoms with van der Waals surface area (Å²) in [5, 5.41) is 4.29. The summed E-state index contributed by atoms with van der Waals surface area (Å²) in [7, 11) is 0. The molecule has 178 valence electrons. The Hall–Kier alpha value is -3.84. The molecule has 0 bridgehead atoms. The predicted molar refractivity (Wildman–Crippen MR) is 130 cm³/mol. The first kappa shape index (κ1) is 24.8. The quantitative estimate of drug-likeness (QED) is 0.238. The molecule has 7 nitrogen and oxygen atoms in total. The van der Waals surface area contributed by atoms with E-state index in [2.05, 4.69) is 24.0 Å². The van der Waals surface area contributed by atoms with Gasteiger partial charge in [-0.3, -0.25) is 0 Å². The van der Waals surface area contributed by atoms with Gasteiger partial charge < -0.3 is 24.3 Å². The van der Waals surface area contributed by atoms with Crippen LogP contribution in [0.3, 0.4) is 0 Å². The molecule has 0 aliphatic rings. The number of nitrogens with one attached hydrogen (secondary N) is 1. The minimum atomic E-state index is -0.583. The van der Waals surface area contributed by atoms with Gasteiger partial charge in [-0.2, -0.15) is 0 Å². The average molecular weight is 464 g/mol. The number of esters is 1. The molecule has 34 heavy (non-hydrogen) atoms. The number of carbonyl (C=O) groups is 2. The molecule has 3 rings (SSSR count). The number of carbonyl (C=O) groups excluding carboxylic acids is 2. The van der Waals surface area contributed by atoms with Crippen LogP contribution in [0, 0.1) is 0 Å². The Morgan fingerprint density at radius 1 is 0.824 bits per heavy atom. The number of benzene rings is 3. The molecule has 0 heterocycles. The van der Waals surface area contributed by atoms with Gasteiger partial charge in [0.15, 0.2) is 0 Å². The summed E-state index contributed by atoms with van der Waals surface area (Å²) in [4.78, 5) is 23.5. The van der Waals surface area contributed by atoms with E-state index in [4.69, 9.17) is 18.9 Å². The highest BCUT2D eigenvalue weighted by Crippen LogP contribution is 2.32. The molecular formula is C27H29NO6. The normalized spacial score (nSPS) is 10.5. The lowest BCUT2D eigenvalue weighted by Crippen LogP contribution is -2.30. The molecule has 0 spiro atoms. The highest BCUT2D eigenvalue weighted by atomic mass is 16.6. The largest absolute Gasteiger partial charge is 0.493 e. The molecule has 7 heteroatoms. The topological polar surface area (TPSA) is 83.1 Å². The van der Waals surface area contributed by atoms with E-state index in [1.807, 2.05) is 48.5 Å². The Kier molecular flexibility index (Phi) is 9.49. The predicted octanol–water partition coefficient (Wildman–Crippen LogP) is 4.69. The standard InChI is InChI=1S/C27H29NO6/c1-20(2)26(29)33-19-18-31-17-15-28-27(30)34-25-13-7-10-22-23(25)11-6-12-24(22)32-16-14-21-8-4-3-5-9-21/h3-13H,1,14-19H2,2H3,(H,28,30). The fourth-order valence-corrected chi connectivity index (χ4v) is 3.17. The molecule has 0 fully saturated rings. The number of ether oxygens (including phenoxy) is 4. The van der Waals surface area contributed by atoms with Crippen molar-refractivity contribution in [1.29, 1.82) is 0 Å². The van der Waals surface area contributed by atoms with Crippen molar-refractivity contribution in [2.24, 2.45) is 0 Å². The summed E-state index contributed by atoms with van der Waals surface area (Å²) in [5.41, 5.74) is 1.55. The molecule has 1 amide bonds. The molecule has 0 radical (unpaired) electrons. The molecule has 0 aliphatic carbocycles. The van der Waals surface area contributed by atoms with E-state index in [1.54, 1.807) is 13.0 Å². The zero-order valence-electron chi connectivity index (χ0n) is 19.3. The highest BCUT2D eigenvalue weighted by Gasteiger charge is 2.11. The van der Waals surface area contributed by atoms with Crippen LogP contribution in [-0.4, -0.2) is 45.0 Å². The van der Waals surface area contributed by atoms with Gasteiger partial charge in [-0.15, -0.1) is 0 Å². The van der Waals surface area contributed by atoms with E-state index in [9.17, 15) is 9.59 Å². The second-order valence-corrected chi connectivity index (χ2v) is 7.54. The number of fused-ring (bicyclic) bond motifs is 1. The smallest absolute Gasteiger partial charge is 0.412 e. The summed E-state index contributed by atoms with van der Waals surface area (Å²) in [5.74, 6) is 0.723. The molecule has 0 aromatic heterocycles. The Labute approximate surface area is 199 Å². The molecular weight excluding hydrogens is 434 g/mol. The Bertz CT molecular complexity index is 1110. The third-order valence-electron chi connectivity index (χ3n) is 4.86. The number of amides is 1. The molecule has 3 aromatic carbocycles. The molecule has 0 atom stereocenters. The monoisotopic (exact) mass is 463 g/mol. The summed E-state index contributed by atoms with van der Waals surface area (Å²) in [6.07, 6.45) is 0.217. The summed E-state index contributed by atoms with van der Waals surface area (Å²) in [6, 6.07) is 21.3. The van der Waals surface area contributed by atoms with Crippen molar-refractivity contribution in [3.63, 3.8) is 0 Å². The lowest BCUT2D eigenvalue weighted by atomic mass is 10.1. The van der Waals surface area contributed by atoms with Crippen LogP contribution < -0.4 is 14.8 Å². The molecule has 1 N–H and O–H groups in total. The van der Waals surface area contributed by atoms with Gasteiger partial charge in [0.25, 0.3) is 0 Å². The van der Waals surface area contributed by atoms with E-state index >= 15 is 0 Å². The van der Waals surface area contributed by atoms with Crippen LogP contribution in [0.25, 0.3) is 10.8 Å². The van der Waals surface area contributed by atoms with Crippen molar-refractivity contribution in [2.45, 2.75) is 13.3 Å². The second kappa shape index (κ2) is 13.0. The van der Waals surface area contributed by atoms with E-state index in [1.165, 1.54) is 5.56 Å². The van der Waals surface area contributed by atoms with Gasteiger partial charge in [-0.1, -0.05) is 61.2 Å². The van der Waals surface area contributed by atoms with Gasteiger partial charge in [0.1, 0.15) is 18.1 Å². The molecule has 0 saturated heterocycles. The highest BCUT2D eigenvalue weighted by molar-refractivity contribution is 5.94. The summed E-state index contributed by atoms with van der Waals surface area (Å²) < 4.78 is 21.8. The lowest BCUT2D eigenvalue weighted by molar-refractivity contribution is -0.140. The van der Waals surface area contributed by atoms with E-state index in [-0.39, 0.29) is 26.4 Å². The van der Waals surface area contributed by atoms with Crippen molar-refractivity contribution < 1.29 is 28.5 Å². The van der Waals surface area contributed by atoms with Gasteiger partial charge >= 0.3 is 12.1 Å². The third kappa shape index (κ3) is 7.64. The van der Waals surface area contributed by atoms with Crippen LogP contribution in [-0.2, 0) is 20.7 Å². The van der Waals surface area contributed by atoms with Crippen molar-refractivity contribution >= 4 is 22.8 Å². The number of hydrogen-bond acceptors (Lipinski definition) is 6. The first-order chi connectivity index (χ1) is 16.5. The van der Waals surface area contributed by atoms with Gasteiger partial charge in [0.2, 0.25) is 0 Å². The van der Waals surface area contributed by atoms with Gasteiger partial charge in [0.05, 0.1) is 19.8 Å². The van der Waals surface area contributed by atoms with Crippen molar-refractivity contribution in [3.8, 4) is 11.5 Å². The Balaban J connectivity index is 1.46. The SMILES string of the molecule is C=C(C)C(=O)OCCOCCNC(=O)Oc1cccc2c(OCCc3ccccc3)cccc12. The fourth-order valence-electron chi connectivity index (χ4n) is 3.17. The molecule has 0 saturated carbocycles. The van der Waals surface area contributed by atoms with Gasteiger partial charge in [0, 0.05) is 29.3 Å². The van der Waals surface area contributed by atoms with Gasteiger partial charge in [-0.25, -0.2) is 9.59 Å². The van der Waals surface area contributed by atoms with Crippen LogP contribution in [0.1, 0.15) is 12.5 Å². The Morgan fingerprint density at radius 3 is 2.26 bits per heavy atom. The number of rotatable bonds is 12. The van der Waals surface area contributed by atoms with E-state index < -0.39 is 12.1 Å². The maximum absolute atomic E-state index is 12.2. The maximum atomic E-state index is 12.2. The van der Waals surface area contributed by atoms with Crippen LogP contribution in [0.15, 0.2) is 78.9 Å². The minimum absolute atomic E-state index is 0.127. The first-order valence-corrected chi connectivity index (χ1v) is 11.1. The lowest BCUT2D eigenvalue weighted by Gasteiger charge is -2.13. The second-order valence-electron chi connectivity index (χ2n) is 7.54. The van der Waals surface area contributed by atoms with Crippen molar-refractivity contribution in [2.75, 3.05) is 33.0 Å². The van der Waals surface area contributed by atoms with Crippen molar-refractivity contribution in [3.05, 3.63) is 84.4 Å². The van der Waals surface area contributed by atoms with Gasteiger partial charge in [-0.05, 0) is 24.6 Å². The fraction of sp³-hybridized carbons (Fsp3) is 0.259. The molecule has 0 aliphatic heterocycles. The van der Waals surface area contributed by atoms with Crippen molar-refractivity contribution in [1.82, 2.24) is 5.32 Å². The molecule has 3 aromatic rings. The van der Waals surface area contributed by atoms with Crippen LogP contribution in [0.5, 0.6) is 11.5 Å². The average Bonchev–Trinajstić information content (AvgIpc) is 2.84.